The Kier molecular flexibility index (Phi) is 9.67. The lowest BCUT2D eigenvalue weighted by atomic mass is 9.86. The van der Waals surface area contributed by atoms with E-state index in [2.05, 4.69) is 281 Å². The van der Waals surface area contributed by atoms with Gasteiger partial charge >= 0.3 is 0 Å². The third-order valence-electron chi connectivity index (χ3n) is 14.8. The van der Waals surface area contributed by atoms with Crippen molar-refractivity contribution in [1.82, 2.24) is 9.13 Å². The molecular weight excluding hydrogens is 859 g/mol. The standard InChI is InChI=1S/C68H47N3/c1-5-23-53(24-6-1)69(54-25-7-2-8-26-54)62-34-18-17-31-57(62)51-40-50(49-36-38-60-65(45-49)71(56-29-11-4-12-30-56)64-39-37-46-20-15-16-32-58(46)67(60)64)41-52(42-51)59-33-19-35-63-68(59)61-43-47-21-13-14-22-48(47)44-66(61)70(63)55-27-9-3-10-28-55/h1-33,35-45,62H,34H2. The molecule has 1 aliphatic rings. The Morgan fingerprint density at radius 3 is 1.63 bits per heavy atom. The molecule has 14 rings (SSSR count). The SMILES string of the molecule is C1=CCC(N(c2ccccc2)c2ccccc2)C(c2cc(-c3ccc4c5c6ccccc6ccc5n(-c5ccccc5)c4c3)cc(-c3cccc4c3c3cc5ccccc5cc3n4-c3ccccc3)c2)=C1. The number of rotatable bonds is 8. The Labute approximate surface area is 412 Å². The molecule has 0 bridgehead atoms. The third kappa shape index (κ3) is 6.81. The quantitative estimate of drug-likeness (QED) is 0.148. The van der Waals surface area contributed by atoms with Crippen molar-refractivity contribution in [3.05, 3.63) is 273 Å². The number of aromatic nitrogens is 2. The van der Waals surface area contributed by atoms with Gasteiger partial charge in [-0.05, 0) is 158 Å². The highest BCUT2D eigenvalue weighted by Crippen LogP contribution is 2.45. The zero-order chi connectivity index (χ0) is 46.8. The van der Waals surface area contributed by atoms with Gasteiger partial charge in [0.05, 0.1) is 28.1 Å². The number of nitrogens with zero attached hydrogens (tertiary/aromatic N) is 3. The third-order valence-corrected chi connectivity index (χ3v) is 14.8. The lowest BCUT2D eigenvalue weighted by molar-refractivity contribution is 0.802. The summed E-state index contributed by atoms with van der Waals surface area (Å²) in [6, 6.07) is 91.7. The van der Waals surface area contributed by atoms with Crippen LogP contribution in [-0.2, 0) is 0 Å². The molecule has 0 fully saturated rings. The molecule has 2 heterocycles. The average molecular weight is 906 g/mol. The van der Waals surface area contributed by atoms with Crippen LogP contribution in [0.3, 0.4) is 0 Å². The molecule has 2 aromatic heterocycles. The van der Waals surface area contributed by atoms with Crippen molar-refractivity contribution < 1.29 is 0 Å². The first-order valence-corrected chi connectivity index (χ1v) is 24.7. The van der Waals surface area contributed by atoms with E-state index in [1.54, 1.807) is 0 Å². The highest BCUT2D eigenvalue weighted by Gasteiger charge is 2.28. The molecule has 1 aliphatic carbocycles. The second-order valence-corrected chi connectivity index (χ2v) is 18.8. The molecule has 0 spiro atoms. The maximum atomic E-state index is 2.52. The van der Waals surface area contributed by atoms with Crippen LogP contribution in [0.25, 0.3) is 104 Å². The van der Waals surface area contributed by atoms with Gasteiger partial charge in [0.1, 0.15) is 0 Å². The van der Waals surface area contributed by atoms with Crippen molar-refractivity contribution in [2.24, 2.45) is 0 Å². The summed E-state index contributed by atoms with van der Waals surface area (Å²) >= 11 is 0. The second-order valence-electron chi connectivity index (χ2n) is 18.8. The molecule has 71 heavy (non-hydrogen) atoms. The number of hydrogen-bond donors (Lipinski definition) is 0. The summed E-state index contributed by atoms with van der Waals surface area (Å²) in [4.78, 5) is 2.52. The normalized spacial score (nSPS) is 13.7. The summed E-state index contributed by atoms with van der Waals surface area (Å²) in [7, 11) is 0. The Balaban J connectivity index is 1.05. The highest BCUT2D eigenvalue weighted by atomic mass is 15.2. The molecular formula is C68H47N3. The fraction of sp³-hybridized carbons (Fsp3) is 0.0294. The first-order valence-electron chi connectivity index (χ1n) is 24.7. The van der Waals surface area contributed by atoms with E-state index in [1.165, 1.54) is 110 Å². The van der Waals surface area contributed by atoms with E-state index in [4.69, 9.17) is 0 Å². The number of para-hydroxylation sites is 4. The molecule has 1 unspecified atom stereocenters. The van der Waals surface area contributed by atoms with E-state index in [-0.39, 0.29) is 6.04 Å². The van der Waals surface area contributed by atoms with Crippen molar-refractivity contribution in [2.45, 2.75) is 12.5 Å². The van der Waals surface area contributed by atoms with Gasteiger partial charge in [-0.3, -0.25) is 0 Å². The predicted octanol–water partition coefficient (Wildman–Crippen LogP) is 18.1. The van der Waals surface area contributed by atoms with Crippen LogP contribution in [0, 0.1) is 0 Å². The number of allylic oxidation sites excluding steroid dienone is 2. The summed E-state index contributed by atoms with van der Waals surface area (Å²) in [6.07, 6.45) is 7.78. The van der Waals surface area contributed by atoms with Gasteiger partial charge in [0.25, 0.3) is 0 Å². The smallest absolute Gasteiger partial charge is 0.0631 e. The van der Waals surface area contributed by atoms with E-state index in [9.17, 15) is 0 Å². The largest absolute Gasteiger partial charge is 0.334 e. The molecule has 0 N–H and O–H groups in total. The van der Waals surface area contributed by atoms with Crippen LogP contribution in [0.1, 0.15) is 12.0 Å². The van der Waals surface area contributed by atoms with Gasteiger partial charge in [-0.15, -0.1) is 0 Å². The van der Waals surface area contributed by atoms with Gasteiger partial charge in [0.15, 0.2) is 0 Å². The number of anilines is 2. The first-order chi connectivity index (χ1) is 35.2. The lowest BCUT2D eigenvalue weighted by Gasteiger charge is -2.36. The molecule has 3 heteroatoms. The van der Waals surface area contributed by atoms with Crippen LogP contribution >= 0.6 is 0 Å². The van der Waals surface area contributed by atoms with Crippen molar-refractivity contribution >= 4 is 82.1 Å². The monoisotopic (exact) mass is 905 g/mol. The Bertz CT molecular complexity index is 4200. The van der Waals surface area contributed by atoms with Crippen molar-refractivity contribution in [3.8, 4) is 33.6 Å². The van der Waals surface area contributed by atoms with Crippen LogP contribution in [0.2, 0.25) is 0 Å². The maximum Gasteiger partial charge on any atom is 0.0631 e. The van der Waals surface area contributed by atoms with E-state index in [1.807, 2.05) is 0 Å². The Hall–Kier alpha value is -9.18. The zero-order valence-electron chi connectivity index (χ0n) is 39.0. The summed E-state index contributed by atoms with van der Waals surface area (Å²) in [6.45, 7) is 0. The van der Waals surface area contributed by atoms with Gasteiger partial charge in [-0.25, -0.2) is 0 Å². The summed E-state index contributed by atoms with van der Waals surface area (Å²) < 4.78 is 4.91. The molecule has 0 amide bonds. The van der Waals surface area contributed by atoms with Crippen molar-refractivity contribution in [3.63, 3.8) is 0 Å². The van der Waals surface area contributed by atoms with Gasteiger partial charge < -0.3 is 14.0 Å². The molecule has 0 saturated carbocycles. The number of fused-ring (bicyclic) bond motifs is 9. The van der Waals surface area contributed by atoms with Crippen LogP contribution in [0.5, 0.6) is 0 Å². The number of benzene rings is 11. The fourth-order valence-electron chi connectivity index (χ4n) is 11.6. The van der Waals surface area contributed by atoms with Crippen LogP contribution in [0.15, 0.2) is 267 Å². The van der Waals surface area contributed by atoms with Gasteiger partial charge in [0.2, 0.25) is 0 Å². The minimum absolute atomic E-state index is 0.0337. The van der Waals surface area contributed by atoms with Crippen molar-refractivity contribution in [2.75, 3.05) is 4.90 Å². The van der Waals surface area contributed by atoms with Gasteiger partial charge in [-0.2, -0.15) is 0 Å². The summed E-state index contributed by atoms with van der Waals surface area (Å²) in [5.41, 5.74) is 16.6. The van der Waals surface area contributed by atoms with Crippen LogP contribution in [0.4, 0.5) is 11.4 Å². The van der Waals surface area contributed by atoms with E-state index in [0.29, 0.717) is 0 Å². The minimum Gasteiger partial charge on any atom is -0.334 e. The molecule has 0 aliphatic heterocycles. The van der Waals surface area contributed by atoms with Crippen LogP contribution < -0.4 is 4.90 Å². The summed E-state index contributed by atoms with van der Waals surface area (Å²) in [5, 5.41) is 9.98. The van der Waals surface area contributed by atoms with Gasteiger partial charge in [0, 0.05) is 44.3 Å². The fourth-order valence-corrected chi connectivity index (χ4v) is 11.6. The van der Waals surface area contributed by atoms with Gasteiger partial charge in [-0.1, -0.05) is 170 Å². The van der Waals surface area contributed by atoms with E-state index < -0.39 is 0 Å². The number of hydrogen-bond acceptors (Lipinski definition) is 1. The molecule has 1 atom stereocenters. The Morgan fingerprint density at radius 2 is 0.930 bits per heavy atom. The average Bonchev–Trinajstić information content (AvgIpc) is 3.96. The lowest BCUT2D eigenvalue weighted by Crippen LogP contribution is -2.32. The highest BCUT2D eigenvalue weighted by molar-refractivity contribution is 6.22. The predicted molar refractivity (Wildman–Crippen MR) is 302 cm³/mol. The molecule has 11 aromatic carbocycles. The second kappa shape index (κ2) is 16.8. The topological polar surface area (TPSA) is 13.1 Å². The molecule has 0 radical (unpaired) electrons. The molecule has 334 valence electrons. The minimum atomic E-state index is 0.0337. The Morgan fingerprint density at radius 1 is 0.352 bits per heavy atom. The zero-order valence-corrected chi connectivity index (χ0v) is 39.0. The van der Waals surface area contributed by atoms with E-state index >= 15 is 0 Å². The molecule has 13 aromatic rings. The first kappa shape index (κ1) is 40.8. The summed E-state index contributed by atoms with van der Waals surface area (Å²) in [5.74, 6) is 0. The van der Waals surface area contributed by atoms with Crippen LogP contribution in [-0.4, -0.2) is 15.2 Å². The van der Waals surface area contributed by atoms with E-state index in [0.717, 1.165) is 17.8 Å². The molecule has 3 nitrogen and oxygen atoms in total. The van der Waals surface area contributed by atoms with Crippen molar-refractivity contribution in [1.29, 1.82) is 0 Å². The maximum absolute atomic E-state index is 2.52. The molecule has 0 saturated heterocycles.